The van der Waals surface area contributed by atoms with Gasteiger partial charge in [0.25, 0.3) is 5.91 Å². The summed E-state index contributed by atoms with van der Waals surface area (Å²) in [5, 5.41) is 0. The van der Waals surface area contributed by atoms with Crippen molar-refractivity contribution in [2.24, 2.45) is 0 Å². The van der Waals surface area contributed by atoms with Gasteiger partial charge in [-0.05, 0) is 42.0 Å². The Morgan fingerprint density at radius 2 is 1.89 bits per heavy atom. The highest BCUT2D eigenvalue weighted by Crippen LogP contribution is 2.27. The van der Waals surface area contributed by atoms with Crippen molar-refractivity contribution < 1.29 is 18.7 Å². The summed E-state index contributed by atoms with van der Waals surface area (Å²) in [6, 6.07) is 12.6. The van der Waals surface area contributed by atoms with Gasteiger partial charge >= 0.3 is 0 Å². The molecule has 2 aliphatic heterocycles. The molecule has 0 saturated carbocycles. The molecule has 0 unspecified atom stereocenters. The molecule has 0 aliphatic carbocycles. The van der Waals surface area contributed by atoms with Crippen LogP contribution in [0.25, 0.3) is 6.08 Å². The van der Waals surface area contributed by atoms with Crippen LogP contribution >= 0.6 is 0 Å². The van der Waals surface area contributed by atoms with Crippen LogP contribution in [-0.2, 0) is 16.1 Å². The van der Waals surface area contributed by atoms with Crippen LogP contribution in [0.2, 0.25) is 0 Å². The second-order valence-corrected chi connectivity index (χ2v) is 7.07. The van der Waals surface area contributed by atoms with Crippen molar-refractivity contribution in [2.75, 3.05) is 44.9 Å². The monoisotopic (exact) mass is 382 g/mol. The molecular weight excluding hydrogens is 359 g/mol. The predicted octanol–water partition coefficient (Wildman–Crippen LogP) is 3.10. The molecule has 2 aromatic rings. The van der Waals surface area contributed by atoms with E-state index in [9.17, 15) is 9.18 Å². The predicted molar refractivity (Wildman–Crippen MR) is 106 cm³/mol. The van der Waals surface area contributed by atoms with Crippen molar-refractivity contribution in [1.82, 2.24) is 4.90 Å². The smallest absolute Gasteiger partial charge is 0.253 e. The second-order valence-electron chi connectivity index (χ2n) is 7.07. The molecule has 0 N–H and O–H groups in total. The minimum absolute atomic E-state index is 0.118. The first-order valence-electron chi connectivity index (χ1n) is 9.40. The van der Waals surface area contributed by atoms with E-state index in [0.717, 1.165) is 31.9 Å². The third kappa shape index (κ3) is 4.02. The SMILES string of the molecule is CN(Cc1ccc(N2CCOCC2)cc1)C(=O)C1=Cc2cc(F)ccc2OC1. The number of benzene rings is 2. The summed E-state index contributed by atoms with van der Waals surface area (Å²) in [6.07, 6.45) is 1.71. The first-order chi connectivity index (χ1) is 13.6. The van der Waals surface area contributed by atoms with E-state index in [1.807, 2.05) is 12.1 Å². The molecule has 146 valence electrons. The van der Waals surface area contributed by atoms with Gasteiger partial charge in [-0.2, -0.15) is 0 Å². The van der Waals surface area contributed by atoms with Crippen LogP contribution in [0, 0.1) is 5.82 Å². The van der Waals surface area contributed by atoms with Gasteiger partial charge in [0, 0.05) is 37.9 Å². The van der Waals surface area contributed by atoms with Gasteiger partial charge in [-0.15, -0.1) is 0 Å². The molecule has 0 aromatic heterocycles. The van der Waals surface area contributed by atoms with Crippen LogP contribution < -0.4 is 9.64 Å². The average molecular weight is 382 g/mol. The van der Waals surface area contributed by atoms with Crippen LogP contribution in [-0.4, -0.2) is 50.8 Å². The van der Waals surface area contributed by atoms with E-state index in [4.69, 9.17) is 9.47 Å². The average Bonchev–Trinajstić information content (AvgIpc) is 2.73. The number of morpholine rings is 1. The van der Waals surface area contributed by atoms with Crippen molar-refractivity contribution in [1.29, 1.82) is 0 Å². The van der Waals surface area contributed by atoms with Crippen LogP contribution in [0.1, 0.15) is 11.1 Å². The summed E-state index contributed by atoms with van der Waals surface area (Å²) in [6.45, 7) is 3.99. The van der Waals surface area contributed by atoms with Gasteiger partial charge in [-0.3, -0.25) is 4.79 Å². The molecular formula is C22H23FN2O3. The van der Waals surface area contributed by atoms with Gasteiger partial charge < -0.3 is 19.3 Å². The third-order valence-corrected chi connectivity index (χ3v) is 5.04. The number of rotatable bonds is 4. The van der Waals surface area contributed by atoms with E-state index in [1.165, 1.54) is 17.8 Å². The molecule has 6 heteroatoms. The number of fused-ring (bicyclic) bond motifs is 1. The highest BCUT2D eigenvalue weighted by atomic mass is 19.1. The quantitative estimate of drug-likeness (QED) is 0.815. The maximum Gasteiger partial charge on any atom is 0.253 e. The molecule has 0 bridgehead atoms. The van der Waals surface area contributed by atoms with Gasteiger partial charge in [-0.25, -0.2) is 4.39 Å². The minimum Gasteiger partial charge on any atom is -0.488 e. The van der Waals surface area contributed by atoms with Gasteiger partial charge in [0.1, 0.15) is 18.2 Å². The highest BCUT2D eigenvalue weighted by molar-refractivity contribution is 5.99. The zero-order valence-electron chi connectivity index (χ0n) is 15.9. The Balaban J connectivity index is 1.42. The molecule has 0 radical (unpaired) electrons. The fourth-order valence-corrected chi connectivity index (χ4v) is 3.50. The summed E-state index contributed by atoms with van der Waals surface area (Å²) in [5.74, 6) is 0.132. The van der Waals surface area contributed by atoms with Crippen LogP contribution in [0.4, 0.5) is 10.1 Å². The fourth-order valence-electron chi connectivity index (χ4n) is 3.50. The number of hydrogen-bond donors (Lipinski definition) is 0. The normalized spacial score (nSPS) is 16.1. The van der Waals surface area contributed by atoms with Crippen molar-refractivity contribution in [3.63, 3.8) is 0 Å². The molecule has 1 saturated heterocycles. The Labute approximate surface area is 164 Å². The van der Waals surface area contributed by atoms with Gasteiger partial charge in [-0.1, -0.05) is 12.1 Å². The second kappa shape index (κ2) is 8.02. The first kappa shape index (κ1) is 18.5. The van der Waals surface area contributed by atoms with Crippen molar-refractivity contribution in [2.45, 2.75) is 6.54 Å². The van der Waals surface area contributed by atoms with E-state index in [-0.39, 0.29) is 18.3 Å². The summed E-state index contributed by atoms with van der Waals surface area (Å²) in [4.78, 5) is 16.7. The number of halogens is 1. The minimum atomic E-state index is -0.346. The van der Waals surface area contributed by atoms with Gasteiger partial charge in [0.2, 0.25) is 0 Å². The summed E-state index contributed by atoms with van der Waals surface area (Å²) in [5.41, 5.74) is 3.34. The fraction of sp³-hybridized carbons (Fsp3) is 0.318. The van der Waals surface area contributed by atoms with Crippen molar-refractivity contribution >= 4 is 17.7 Å². The lowest BCUT2D eigenvalue weighted by molar-refractivity contribution is -0.126. The van der Waals surface area contributed by atoms with E-state index in [1.54, 1.807) is 24.1 Å². The zero-order valence-corrected chi connectivity index (χ0v) is 15.9. The maximum atomic E-state index is 13.4. The topological polar surface area (TPSA) is 42.0 Å². The van der Waals surface area contributed by atoms with Gasteiger partial charge in [0.15, 0.2) is 0 Å². The van der Waals surface area contributed by atoms with E-state index in [2.05, 4.69) is 17.0 Å². The Morgan fingerprint density at radius 1 is 1.14 bits per heavy atom. The van der Waals surface area contributed by atoms with Crippen LogP contribution in [0.15, 0.2) is 48.0 Å². The summed E-state index contributed by atoms with van der Waals surface area (Å²) >= 11 is 0. The third-order valence-electron chi connectivity index (χ3n) is 5.04. The molecule has 5 nitrogen and oxygen atoms in total. The standard InChI is InChI=1S/C22H23FN2O3/c1-24(14-16-2-5-20(6-3-16)25-8-10-27-11-9-25)22(26)18-12-17-13-19(23)4-7-21(17)28-15-18/h2-7,12-13H,8-11,14-15H2,1H3. The lowest BCUT2D eigenvalue weighted by atomic mass is 10.1. The number of ether oxygens (including phenoxy) is 2. The molecule has 1 amide bonds. The lowest BCUT2D eigenvalue weighted by Gasteiger charge is -2.29. The Bertz CT molecular complexity index is 889. The first-order valence-corrected chi connectivity index (χ1v) is 9.40. The summed E-state index contributed by atoms with van der Waals surface area (Å²) < 4.78 is 24.4. The van der Waals surface area contributed by atoms with Crippen molar-refractivity contribution in [3.05, 3.63) is 65.0 Å². The molecule has 2 aromatic carbocycles. The molecule has 1 fully saturated rings. The maximum absolute atomic E-state index is 13.4. The Kier molecular flexibility index (Phi) is 5.30. The summed E-state index contributed by atoms with van der Waals surface area (Å²) in [7, 11) is 1.76. The number of likely N-dealkylation sites (N-methyl/N-ethyl adjacent to an activating group) is 1. The Hall–Kier alpha value is -2.86. The zero-order chi connectivity index (χ0) is 19.5. The van der Waals surface area contributed by atoms with Gasteiger partial charge in [0.05, 0.1) is 18.8 Å². The van der Waals surface area contributed by atoms with Crippen LogP contribution in [0.3, 0.4) is 0 Å². The van der Waals surface area contributed by atoms with E-state index in [0.29, 0.717) is 23.4 Å². The van der Waals surface area contributed by atoms with Crippen LogP contribution in [0.5, 0.6) is 5.75 Å². The molecule has 0 spiro atoms. The Morgan fingerprint density at radius 3 is 2.64 bits per heavy atom. The number of amides is 1. The molecule has 2 heterocycles. The molecule has 28 heavy (non-hydrogen) atoms. The molecule has 2 aliphatic rings. The molecule has 0 atom stereocenters. The number of anilines is 1. The lowest BCUT2D eigenvalue weighted by Crippen LogP contribution is -2.36. The van der Waals surface area contributed by atoms with E-state index >= 15 is 0 Å². The molecule has 4 rings (SSSR count). The number of hydrogen-bond acceptors (Lipinski definition) is 4. The number of carbonyl (C=O) groups excluding carboxylic acids is 1. The number of carbonyl (C=O) groups is 1. The van der Waals surface area contributed by atoms with E-state index < -0.39 is 0 Å². The number of nitrogens with zero attached hydrogens (tertiary/aromatic N) is 2. The highest BCUT2D eigenvalue weighted by Gasteiger charge is 2.21. The largest absolute Gasteiger partial charge is 0.488 e. The van der Waals surface area contributed by atoms with Crippen molar-refractivity contribution in [3.8, 4) is 5.75 Å².